The molecule has 2 rings (SSSR count). The smallest absolute Gasteiger partial charge is 0.215 e. The van der Waals surface area contributed by atoms with Crippen LogP contribution in [0, 0.1) is 0 Å². The first kappa shape index (κ1) is 11.8. The van der Waals surface area contributed by atoms with Gasteiger partial charge in [-0.25, -0.2) is 8.42 Å². The van der Waals surface area contributed by atoms with Gasteiger partial charge in [-0.05, 0) is 33.1 Å². The predicted octanol–water partition coefficient (Wildman–Crippen LogP) is 1.79. The molecule has 0 aromatic heterocycles. The van der Waals surface area contributed by atoms with Crippen LogP contribution >= 0.6 is 14.8 Å². The highest BCUT2D eigenvalue weighted by atomic mass is 79.9. The van der Waals surface area contributed by atoms with E-state index < -0.39 is 18.8 Å². The van der Waals surface area contributed by atoms with Crippen molar-refractivity contribution in [2.24, 2.45) is 0 Å². The summed E-state index contributed by atoms with van der Waals surface area (Å²) in [6, 6.07) is 0. The van der Waals surface area contributed by atoms with E-state index in [1.54, 1.807) is 0 Å². The minimum atomic E-state index is -3.14. The van der Waals surface area contributed by atoms with Crippen LogP contribution in [0.2, 0.25) is 0 Å². The van der Waals surface area contributed by atoms with Crippen LogP contribution in [0.4, 0.5) is 0 Å². The largest absolute Gasteiger partial charge is 0.348 e. The van der Waals surface area contributed by atoms with Crippen LogP contribution in [0.15, 0.2) is 0 Å². The van der Waals surface area contributed by atoms with Crippen LogP contribution < -0.4 is 0 Å². The van der Waals surface area contributed by atoms with Crippen molar-refractivity contribution in [3.05, 3.63) is 0 Å². The Labute approximate surface area is 97.4 Å². The van der Waals surface area contributed by atoms with Gasteiger partial charge in [-0.2, -0.15) is 0 Å². The van der Waals surface area contributed by atoms with Gasteiger partial charge in [-0.3, -0.25) is 0 Å². The summed E-state index contributed by atoms with van der Waals surface area (Å²) in [5, 5.41) is 0. The Morgan fingerprint density at radius 2 is 2.00 bits per heavy atom. The first-order valence-electron chi connectivity index (χ1n) is 5.00. The number of halogens is 1. The summed E-state index contributed by atoms with van der Waals surface area (Å²) in [4.78, 5) is 0. The van der Waals surface area contributed by atoms with Crippen LogP contribution in [0.25, 0.3) is 0 Å². The highest BCUT2D eigenvalue weighted by molar-refractivity contribution is 9.47. The zero-order valence-electron chi connectivity index (χ0n) is 8.82. The van der Waals surface area contributed by atoms with Gasteiger partial charge in [-0.15, -0.1) is 0 Å². The number of hydrogen-bond donors (Lipinski definition) is 0. The molecular weight excluding hydrogens is 284 g/mol. The lowest BCUT2D eigenvalue weighted by Gasteiger charge is -2.19. The Bertz CT molecular complexity index is 358. The molecule has 0 amide bonds. The molecule has 0 aromatic carbocycles. The third kappa shape index (κ3) is 2.38. The standard InChI is InChI=1S/C9H15BrO4S/c1-8(2)13-6-7(14-8)5-9(3-4-9)15(10,11)12/h7H,3-6H2,1-2H3/t7-/m0/s1. The second kappa shape index (κ2) is 3.42. The fourth-order valence-corrected chi connectivity index (χ4v) is 4.31. The minimum absolute atomic E-state index is 0.102. The van der Waals surface area contributed by atoms with E-state index in [2.05, 4.69) is 14.8 Å². The lowest BCUT2D eigenvalue weighted by Crippen LogP contribution is -2.28. The topological polar surface area (TPSA) is 52.6 Å². The van der Waals surface area contributed by atoms with Crippen molar-refractivity contribution in [1.82, 2.24) is 0 Å². The first-order valence-corrected chi connectivity index (χ1v) is 8.33. The molecule has 1 heterocycles. The van der Waals surface area contributed by atoms with Crippen molar-refractivity contribution in [1.29, 1.82) is 0 Å². The van der Waals surface area contributed by atoms with Gasteiger partial charge in [0.05, 0.1) is 32.3 Å². The van der Waals surface area contributed by atoms with Gasteiger partial charge < -0.3 is 9.47 Å². The molecule has 88 valence electrons. The van der Waals surface area contributed by atoms with E-state index in [9.17, 15) is 8.42 Å². The molecule has 0 unspecified atom stereocenters. The molecule has 0 N–H and O–H groups in total. The molecule has 0 bridgehead atoms. The maximum Gasteiger partial charge on any atom is 0.215 e. The van der Waals surface area contributed by atoms with Gasteiger partial charge in [0.2, 0.25) is 8.27 Å². The van der Waals surface area contributed by atoms with Crippen LogP contribution in [0.5, 0.6) is 0 Å². The van der Waals surface area contributed by atoms with Gasteiger partial charge in [0.15, 0.2) is 5.79 Å². The molecule has 15 heavy (non-hydrogen) atoms. The molecule has 1 saturated heterocycles. The molecule has 1 saturated carbocycles. The second-order valence-corrected chi connectivity index (χ2v) is 9.07. The van der Waals surface area contributed by atoms with E-state index in [-0.39, 0.29) is 6.10 Å². The lowest BCUT2D eigenvalue weighted by atomic mass is 10.2. The molecular formula is C9H15BrO4S. The van der Waals surface area contributed by atoms with E-state index in [4.69, 9.17) is 9.47 Å². The van der Waals surface area contributed by atoms with Gasteiger partial charge >= 0.3 is 0 Å². The Kier molecular flexibility index (Phi) is 2.70. The van der Waals surface area contributed by atoms with Gasteiger partial charge in [-0.1, -0.05) is 0 Å². The first-order chi connectivity index (χ1) is 6.74. The van der Waals surface area contributed by atoms with Crippen LogP contribution in [-0.4, -0.2) is 31.7 Å². The van der Waals surface area contributed by atoms with E-state index in [0.29, 0.717) is 13.0 Å². The zero-order valence-corrected chi connectivity index (χ0v) is 11.2. The second-order valence-electron chi connectivity index (χ2n) is 4.78. The maximum atomic E-state index is 11.5. The van der Waals surface area contributed by atoms with Crippen molar-refractivity contribution >= 4 is 23.1 Å². The number of rotatable bonds is 3. The maximum absolute atomic E-state index is 11.5. The Hall–Kier alpha value is 0.350. The van der Waals surface area contributed by atoms with Gasteiger partial charge in [0, 0.05) is 0 Å². The minimum Gasteiger partial charge on any atom is -0.348 e. The number of ether oxygens (including phenoxy) is 2. The normalized spacial score (nSPS) is 32.9. The Balaban J connectivity index is 2.00. The summed E-state index contributed by atoms with van der Waals surface area (Å²) in [6.45, 7) is 4.17. The highest BCUT2D eigenvalue weighted by Crippen LogP contribution is 2.51. The van der Waals surface area contributed by atoms with Crippen molar-refractivity contribution < 1.29 is 17.9 Å². The fourth-order valence-electron chi connectivity index (χ4n) is 1.97. The van der Waals surface area contributed by atoms with Gasteiger partial charge in [0.1, 0.15) is 0 Å². The molecule has 2 fully saturated rings. The van der Waals surface area contributed by atoms with E-state index in [0.717, 1.165) is 12.8 Å². The van der Waals surface area contributed by atoms with Crippen LogP contribution in [0.1, 0.15) is 33.1 Å². The number of hydrogen-bond acceptors (Lipinski definition) is 4. The third-order valence-electron chi connectivity index (χ3n) is 2.99. The molecule has 0 aromatic rings. The predicted molar refractivity (Wildman–Crippen MR) is 59.3 cm³/mol. The molecule has 1 atom stereocenters. The van der Waals surface area contributed by atoms with Crippen molar-refractivity contribution in [2.45, 2.75) is 49.7 Å². The monoisotopic (exact) mass is 298 g/mol. The fraction of sp³-hybridized carbons (Fsp3) is 1.00. The average Bonchev–Trinajstić information content (AvgIpc) is 2.73. The van der Waals surface area contributed by atoms with Crippen molar-refractivity contribution in [2.75, 3.05) is 6.61 Å². The van der Waals surface area contributed by atoms with Crippen LogP contribution in [-0.2, 0) is 17.7 Å². The molecule has 4 nitrogen and oxygen atoms in total. The van der Waals surface area contributed by atoms with E-state index in [1.807, 2.05) is 13.8 Å². The molecule has 2 aliphatic rings. The van der Waals surface area contributed by atoms with E-state index >= 15 is 0 Å². The van der Waals surface area contributed by atoms with Crippen molar-refractivity contribution in [3.63, 3.8) is 0 Å². The molecule has 0 radical (unpaired) electrons. The Morgan fingerprint density at radius 1 is 1.40 bits per heavy atom. The quantitative estimate of drug-likeness (QED) is 0.746. The van der Waals surface area contributed by atoms with Crippen LogP contribution in [0.3, 0.4) is 0 Å². The SMILES string of the molecule is CC1(C)OC[C@H](CC2(S(=O)(=O)Br)CC2)O1. The Morgan fingerprint density at radius 3 is 2.33 bits per heavy atom. The third-order valence-corrected chi connectivity index (χ3v) is 6.66. The summed E-state index contributed by atoms with van der Waals surface area (Å²) >= 11 is 2.77. The van der Waals surface area contributed by atoms with Gasteiger partial charge in [0.25, 0.3) is 0 Å². The summed E-state index contributed by atoms with van der Waals surface area (Å²) in [5.41, 5.74) is 0. The molecule has 1 aliphatic heterocycles. The summed E-state index contributed by atoms with van der Waals surface area (Å²) in [6.07, 6.45) is 1.88. The highest BCUT2D eigenvalue weighted by Gasteiger charge is 2.55. The zero-order chi connectivity index (χ0) is 11.3. The summed E-state index contributed by atoms with van der Waals surface area (Å²) in [7, 11) is -3.14. The lowest BCUT2D eigenvalue weighted by molar-refractivity contribution is -0.139. The van der Waals surface area contributed by atoms with E-state index in [1.165, 1.54) is 0 Å². The van der Waals surface area contributed by atoms with Crippen molar-refractivity contribution in [3.8, 4) is 0 Å². The molecule has 0 spiro atoms. The molecule has 1 aliphatic carbocycles. The summed E-state index contributed by atoms with van der Waals surface area (Å²) < 4.78 is 33.4. The average molecular weight is 299 g/mol. The molecule has 6 heteroatoms. The summed E-state index contributed by atoms with van der Waals surface area (Å²) in [5.74, 6) is -0.573.